The van der Waals surface area contributed by atoms with Crippen LogP contribution in [0.1, 0.15) is 104 Å². The number of hydrogen-bond acceptors (Lipinski definition) is 4. The molecule has 420 valence electrons. The zero-order valence-electron chi connectivity index (χ0n) is 51.3. The Morgan fingerprint density at radius 1 is 0.384 bits per heavy atom. The van der Waals surface area contributed by atoms with Gasteiger partial charge in [0.2, 0.25) is 0 Å². The Kier molecular flexibility index (Phi) is 12.0. The molecule has 11 aromatic carbocycles. The van der Waals surface area contributed by atoms with E-state index in [0.717, 1.165) is 61.5 Å². The highest BCUT2D eigenvalue weighted by molar-refractivity contribution is 7.00. The minimum atomic E-state index is -0.203. The first-order valence-corrected chi connectivity index (χ1v) is 30.7. The number of anilines is 9. The van der Waals surface area contributed by atoms with Crippen LogP contribution in [-0.4, -0.2) is 6.71 Å². The maximum absolute atomic E-state index is 6.46. The summed E-state index contributed by atoms with van der Waals surface area (Å²) in [5, 5.41) is 2.26. The van der Waals surface area contributed by atoms with Crippen LogP contribution in [0.15, 0.2) is 241 Å². The summed E-state index contributed by atoms with van der Waals surface area (Å²) in [4.78, 5) is 7.70. The van der Waals surface area contributed by atoms with Crippen LogP contribution < -0.4 is 31.1 Å². The molecular formula is C81H72BN3O. The van der Waals surface area contributed by atoms with Crippen molar-refractivity contribution < 1.29 is 4.42 Å². The topological polar surface area (TPSA) is 22.9 Å². The van der Waals surface area contributed by atoms with Crippen LogP contribution in [0.25, 0.3) is 55.3 Å². The SMILES string of the molecule is CC(C)(C)c1ccc(N(c2ccc3c(c2)N(c2ccc(-c4cccc5oc6ccccc6c45)cc2)c2cc(C(C)(C)C)cc4c2B3c2cc(C(C)(C)C)ccc2N4c2ccc3c(c2)C(C)(C)c2ccccc2-3)c2ccccc2-c2ccccc2)cc1. The monoisotopic (exact) mass is 1110 g/mol. The molecule has 0 N–H and O–H groups in total. The van der Waals surface area contributed by atoms with E-state index in [1.807, 2.05) is 0 Å². The van der Waals surface area contributed by atoms with Gasteiger partial charge in [-0.2, -0.15) is 0 Å². The van der Waals surface area contributed by atoms with Crippen molar-refractivity contribution in [2.45, 2.75) is 97.8 Å². The molecule has 86 heavy (non-hydrogen) atoms. The minimum absolute atomic E-state index is 0.00807. The average Bonchev–Trinajstić information content (AvgIpc) is 0.831. The summed E-state index contributed by atoms with van der Waals surface area (Å²) in [6.07, 6.45) is 0. The molecule has 15 rings (SSSR count). The van der Waals surface area contributed by atoms with Crippen LogP contribution >= 0.6 is 0 Å². The molecule has 4 nitrogen and oxygen atoms in total. The molecule has 0 radical (unpaired) electrons. The molecule has 0 unspecified atom stereocenters. The fourth-order valence-corrected chi connectivity index (χ4v) is 14.3. The lowest BCUT2D eigenvalue weighted by Crippen LogP contribution is -2.61. The van der Waals surface area contributed by atoms with Gasteiger partial charge < -0.3 is 19.1 Å². The molecule has 1 aliphatic carbocycles. The highest BCUT2D eigenvalue weighted by atomic mass is 16.3. The van der Waals surface area contributed by atoms with Gasteiger partial charge in [0.05, 0.1) is 5.69 Å². The molecule has 0 saturated carbocycles. The van der Waals surface area contributed by atoms with Crippen molar-refractivity contribution in [1.29, 1.82) is 0 Å². The third-order valence-corrected chi connectivity index (χ3v) is 18.9. The third-order valence-electron chi connectivity index (χ3n) is 18.9. The van der Waals surface area contributed by atoms with E-state index in [1.165, 1.54) is 89.2 Å². The highest BCUT2D eigenvalue weighted by Crippen LogP contribution is 2.53. The Labute approximate surface area is 508 Å². The van der Waals surface area contributed by atoms with Gasteiger partial charge in [-0.3, -0.25) is 0 Å². The number of nitrogens with zero attached hydrogens (tertiary/aromatic N) is 3. The second kappa shape index (κ2) is 19.4. The molecule has 0 saturated heterocycles. The lowest BCUT2D eigenvalue weighted by Gasteiger charge is -2.46. The number of hydrogen-bond donors (Lipinski definition) is 0. The predicted octanol–water partition coefficient (Wildman–Crippen LogP) is 20.7. The van der Waals surface area contributed by atoms with E-state index in [4.69, 9.17) is 4.42 Å². The first-order chi connectivity index (χ1) is 41.3. The lowest BCUT2D eigenvalue weighted by molar-refractivity contribution is 0.590. The van der Waals surface area contributed by atoms with E-state index in [9.17, 15) is 0 Å². The van der Waals surface area contributed by atoms with Gasteiger partial charge in [0.1, 0.15) is 11.2 Å². The molecule has 0 fully saturated rings. The second-order valence-corrected chi connectivity index (χ2v) is 27.8. The number of fused-ring (bicyclic) bond motifs is 10. The fraction of sp³-hybridized carbons (Fsp3) is 0.185. The van der Waals surface area contributed by atoms with Crippen molar-refractivity contribution in [2.75, 3.05) is 14.7 Å². The maximum atomic E-state index is 6.46. The predicted molar refractivity (Wildman–Crippen MR) is 367 cm³/mol. The molecule has 3 heterocycles. The van der Waals surface area contributed by atoms with Crippen LogP contribution in [-0.2, 0) is 21.7 Å². The van der Waals surface area contributed by atoms with Crippen LogP contribution in [0.3, 0.4) is 0 Å². The number of furan rings is 1. The van der Waals surface area contributed by atoms with E-state index >= 15 is 0 Å². The van der Waals surface area contributed by atoms with E-state index in [-0.39, 0.29) is 28.4 Å². The molecule has 0 spiro atoms. The van der Waals surface area contributed by atoms with Crippen molar-refractivity contribution in [1.82, 2.24) is 0 Å². The van der Waals surface area contributed by atoms with Gasteiger partial charge in [-0.25, -0.2) is 0 Å². The quantitative estimate of drug-likeness (QED) is 0.148. The number of benzene rings is 11. The van der Waals surface area contributed by atoms with Crippen LogP contribution in [0, 0.1) is 0 Å². The maximum Gasteiger partial charge on any atom is 0.252 e. The smallest absolute Gasteiger partial charge is 0.252 e. The van der Waals surface area contributed by atoms with Crippen LogP contribution in [0.2, 0.25) is 0 Å². The highest BCUT2D eigenvalue weighted by Gasteiger charge is 2.46. The summed E-state index contributed by atoms with van der Waals surface area (Å²) in [6.45, 7) is 25.7. The standard InChI is InChI=1S/C81H72BN3O/c1-78(2,3)53-34-39-56(40-35-53)83(69-29-19-16-24-60(69)51-22-13-12-14-23-51)59-42-44-67-71(50-59)84(57-37-32-52(33-38-57)61-27-21-31-75-76(61)64-26-17-20-30-74(64)86-75)72-47-55(80(7,8)9)48-73-77(72)82(67)68-46-54(79(4,5)6)36-45-70(68)85(73)58-41-43-63-62-25-15-18-28-65(62)81(10,11)66(63)49-58/h12-50H,1-11H3. The number of para-hydroxylation sites is 2. The third kappa shape index (κ3) is 8.48. The summed E-state index contributed by atoms with van der Waals surface area (Å²) in [5.74, 6) is 0. The molecule has 3 aliphatic rings. The molecule has 0 amide bonds. The van der Waals surface area contributed by atoms with Gasteiger partial charge in [-0.15, -0.1) is 0 Å². The average molecular weight is 1110 g/mol. The Bertz CT molecular complexity index is 4680. The summed E-state index contributed by atoms with van der Waals surface area (Å²) < 4.78 is 6.46. The normalized spacial score (nSPS) is 14.0. The van der Waals surface area contributed by atoms with Crippen LogP contribution in [0.4, 0.5) is 51.2 Å². The summed E-state index contributed by atoms with van der Waals surface area (Å²) in [6, 6.07) is 89.3. The lowest BCUT2D eigenvalue weighted by atomic mass is 9.33. The van der Waals surface area contributed by atoms with Gasteiger partial charge in [0.25, 0.3) is 6.71 Å². The fourth-order valence-electron chi connectivity index (χ4n) is 14.3. The number of rotatable bonds is 7. The molecule has 0 bridgehead atoms. The van der Waals surface area contributed by atoms with Crippen molar-refractivity contribution in [2.24, 2.45) is 0 Å². The first kappa shape index (κ1) is 53.4. The van der Waals surface area contributed by atoms with Gasteiger partial charge in [0.15, 0.2) is 0 Å². The zero-order valence-corrected chi connectivity index (χ0v) is 51.3. The molecule has 1 aromatic heterocycles. The van der Waals surface area contributed by atoms with Crippen molar-refractivity contribution in [3.8, 4) is 33.4 Å². The zero-order chi connectivity index (χ0) is 59.2. The Hall–Kier alpha value is -9.32. The molecule has 5 heteroatoms. The van der Waals surface area contributed by atoms with Gasteiger partial charge in [0, 0.05) is 67.2 Å². The van der Waals surface area contributed by atoms with E-state index in [2.05, 4.69) is 327 Å². The Balaban J connectivity index is 1.01. The van der Waals surface area contributed by atoms with Gasteiger partial charge >= 0.3 is 0 Å². The van der Waals surface area contributed by atoms with Crippen LogP contribution in [0.5, 0.6) is 0 Å². The Morgan fingerprint density at radius 3 is 1.70 bits per heavy atom. The van der Waals surface area contributed by atoms with Crippen molar-refractivity contribution >= 4 is 96.2 Å². The van der Waals surface area contributed by atoms with Gasteiger partial charge in [-0.1, -0.05) is 228 Å². The molecule has 2 aliphatic heterocycles. The largest absolute Gasteiger partial charge is 0.456 e. The summed E-state index contributed by atoms with van der Waals surface area (Å²) >= 11 is 0. The van der Waals surface area contributed by atoms with Crippen molar-refractivity contribution in [3.63, 3.8) is 0 Å². The van der Waals surface area contributed by atoms with Crippen molar-refractivity contribution in [3.05, 3.63) is 264 Å². The molecular weight excluding hydrogens is 1040 g/mol. The molecule has 0 atom stereocenters. The second-order valence-electron chi connectivity index (χ2n) is 27.8. The van der Waals surface area contributed by atoms with E-state index < -0.39 is 0 Å². The molecule has 12 aromatic rings. The Morgan fingerprint density at radius 2 is 0.965 bits per heavy atom. The summed E-state index contributed by atoms with van der Waals surface area (Å²) in [7, 11) is 0. The van der Waals surface area contributed by atoms with E-state index in [1.54, 1.807) is 0 Å². The summed E-state index contributed by atoms with van der Waals surface area (Å²) in [5.41, 5.74) is 29.4. The minimum Gasteiger partial charge on any atom is -0.456 e. The first-order valence-electron chi connectivity index (χ1n) is 30.7. The van der Waals surface area contributed by atoms with Gasteiger partial charge in [-0.05, 0) is 173 Å². The van der Waals surface area contributed by atoms with E-state index in [0.29, 0.717) is 0 Å².